The van der Waals surface area contributed by atoms with Crippen LogP contribution in [-0.2, 0) is 16.1 Å². The molecule has 2 aromatic rings. The molecule has 2 N–H and O–H groups in total. The SMILES string of the molecule is O=C(c1cc(F)cc(F)c1)N1CCCCC2(CCN(Cc3ccncc3)CC2)C(=O)OC[C@@H](O)[C@@H](O)CC1. The summed E-state index contributed by atoms with van der Waals surface area (Å²) in [6.07, 6.45) is 3.96. The molecule has 0 saturated carbocycles. The second-order valence-corrected chi connectivity index (χ2v) is 10.3. The lowest BCUT2D eigenvalue weighted by Gasteiger charge is -2.40. The number of amides is 1. The van der Waals surface area contributed by atoms with Gasteiger partial charge in [-0.3, -0.25) is 19.5 Å². The molecule has 1 amide bonds. The van der Waals surface area contributed by atoms with E-state index in [0.29, 0.717) is 57.8 Å². The van der Waals surface area contributed by atoms with Crippen LogP contribution in [0.1, 0.15) is 54.4 Å². The number of cyclic esters (lactones) is 1. The molecule has 10 heteroatoms. The predicted octanol–water partition coefficient (Wildman–Crippen LogP) is 2.92. The Kier molecular flexibility index (Phi) is 9.40. The van der Waals surface area contributed by atoms with Crippen molar-refractivity contribution in [1.82, 2.24) is 14.8 Å². The molecular weight excluding hydrogens is 496 g/mol. The van der Waals surface area contributed by atoms with E-state index in [1.165, 1.54) is 4.90 Å². The van der Waals surface area contributed by atoms with Gasteiger partial charge < -0.3 is 19.8 Å². The van der Waals surface area contributed by atoms with Crippen molar-refractivity contribution in [3.05, 3.63) is 65.5 Å². The number of aliphatic hydroxyl groups is 2. The van der Waals surface area contributed by atoms with Gasteiger partial charge in [0.2, 0.25) is 0 Å². The molecule has 38 heavy (non-hydrogen) atoms. The number of nitrogens with zero attached hydrogens (tertiary/aromatic N) is 3. The molecule has 206 valence electrons. The standard InChI is InChI=1S/C28H35F2N3O5/c29-22-15-21(16-23(30)17-22)26(36)33-11-2-1-6-28(27(37)38-19-25(35)24(34)5-12-33)7-13-32(14-8-28)18-20-3-9-31-10-4-20/h3-4,9-10,15-17,24-25,34-35H,1-2,5-8,11-14,18-19H2/t24-,25+/m0/s1. The Morgan fingerprint density at radius 1 is 0.974 bits per heavy atom. The van der Waals surface area contributed by atoms with Crippen LogP contribution in [-0.4, -0.2) is 81.9 Å². The summed E-state index contributed by atoms with van der Waals surface area (Å²) in [7, 11) is 0. The largest absolute Gasteiger partial charge is 0.462 e. The fraction of sp³-hybridized carbons (Fsp3) is 0.536. The number of esters is 1. The van der Waals surface area contributed by atoms with Gasteiger partial charge in [-0.2, -0.15) is 0 Å². The van der Waals surface area contributed by atoms with Crippen molar-refractivity contribution < 1.29 is 33.3 Å². The van der Waals surface area contributed by atoms with E-state index in [9.17, 15) is 28.6 Å². The zero-order valence-corrected chi connectivity index (χ0v) is 21.4. The molecule has 4 rings (SSSR count). The Bertz CT molecular complexity index is 1070. The number of aromatic nitrogens is 1. The summed E-state index contributed by atoms with van der Waals surface area (Å²) < 4.78 is 33.0. The fourth-order valence-electron chi connectivity index (χ4n) is 5.29. The molecule has 0 aliphatic carbocycles. The lowest BCUT2D eigenvalue weighted by molar-refractivity contribution is -0.165. The lowest BCUT2D eigenvalue weighted by atomic mass is 9.74. The summed E-state index contributed by atoms with van der Waals surface area (Å²) in [4.78, 5) is 34.1. The Balaban J connectivity index is 1.45. The number of rotatable bonds is 3. The van der Waals surface area contributed by atoms with Gasteiger partial charge in [0.05, 0.1) is 11.5 Å². The Labute approximate surface area is 221 Å². The van der Waals surface area contributed by atoms with Crippen molar-refractivity contribution in [3.8, 4) is 0 Å². The van der Waals surface area contributed by atoms with Crippen LogP contribution in [0.25, 0.3) is 0 Å². The van der Waals surface area contributed by atoms with Crippen LogP contribution in [0.5, 0.6) is 0 Å². The van der Waals surface area contributed by atoms with Crippen LogP contribution in [0, 0.1) is 17.0 Å². The number of carbonyl (C=O) groups is 2. The molecule has 2 saturated heterocycles. The van der Waals surface area contributed by atoms with E-state index in [-0.39, 0.29) is 31.1 Å². The third kappa shape index (κ3) is 7.12. The summed E-state index contributed by atoms with van der Waals surface area (Å²) in [6, 6.07) is 6.61. The third-order valence-corrected chi connectivity index (χ3v) is 7.66. The van der Waals surface area contributed by atoms with Crippen LogP contribution in [0.2, 0.25) is 0 Å². The number of aliphatic hydroxyl groups excluding tert-OH is 2. The maximum absolute atomic E-state index is 13.7. The summed E-state index contributed by atoms with van der Waals surface area (Å²) in [5.74, 6) is -2.61. The molecule has 2 atom stereocenters. The minimum atomic E-state index is -1.31. The monoisotopic (exact) mass is 531 g/mol. The molecule has 3 heterocycles. The van der Waals surface area contributed by atoms with Crippen LogP contribution in [0.3, 0.4) is 0 Å². The molecule has 0 unspecified atom stereocenters. The molecule has 2 aliphatic heterocycles. The molecular formula is C28H35F2N3O5. The van der Waals surface area contributed by atoms with Gasteiger partial charge in [-0.15, -0.1) is 0 Å². The highest BCUT2D eigenvalue weighted by molar-refractivity contribution is 5.94. The van der Waals surface area contributed by atoms with Crippen LogP contribution in [0.15, 0.2) is 42.7 Å². The van der Waals surface area contributed by atoms with Crippen molar-refractivity contribution in [3.63, 3.8) is 0 Å². The molecule has 0 radical (unpaired) electrons. The van der Waals surface area contributed by atoms with Gasteiger partial charge in [0, 0.05) is 43.7 Å². The number of pyridine rings is 1. The maximum Gasteiger partial charge on any atom is 0.312 e. The van der Waals surface area contributed by atoms with Gasteiger partial charge in [-0.25, -0.2) is 8.78 Å². The summed E-state index contributed by atoms with van der Waals surface area (Å²) >= 11 is 0. The first-order valence-electron chi connectivity index (χ1n) is 13.2. The fourth-order valence-corrected chi connectivity index (χ4v) is 5.29. The molecule has 1 aromatic carbocycles. The molecule has 2 fully saturated rings. The number of ether oxygens (including phenoxy) is 1. The normalized spacial score (nSPS) is 23.7. The highest BCUT2D eigenvalue weighted by Crippen LogP contribution is 2.38. The average molecular weight is 532 g/mol. The van der Waals surface area contributed by atoms with E-state index in [0.717, 1.165) is 24.2 Å². The van der Waals surface area contributed by atoms with Crippen LogP contribution in [0.4, 0.5) is 8.78 Å². The van der Waals surface area contributed by atoms with E-state index < -0.39 is 35.2 Å². The minimum absolute atomic E-state index is 0.0252. The molecule has 0 bridgehead atoms. The van der Waals surface area contributed by atoms with Crippen molar-refractivity contribution in [1.29, 1.82) is 0 Å². The summed E-state index contributed by atoms with van der Waals surface area (Å²) in [6.45, 7) is 2.20. The Morgan fingerprint density at radius 2 is 1.66 bits per heavy atom. The first-order valence-corrected chi connectivity index (χ1v) is 13.2. The number of halogens is 2. The first-order chi connectivity index (χ1) is 18.3. The number of hydrogen-bond acceptors (Lipinski definition) is 7. The van der Waals surface area contributed by atoms with Gasteiger partial charge in [0.15, 0.2) is 0 Å². The minimum Gasteiger partial charge on any atom is -0.462 e. The van der Waals surface area contributed by atoms with Crippen molar-refractivity contribution in [2.24, 2.45) is 5.41 Å². The molecule has 1 aromatic heterocycles. The highest BCUT2D eigenvalue weighted by Gasteiger charge is 2.42. The highest BCUT2D eigenvalue weighted by atomic mass is 19.1. The predicted molar refractivity (Wildman–Crippen MR) is 135 cm³/mol. The van der Waals surface area contributed by atoms with Crippen molar-refractivity contribution in [2.75, 3.05) is 32.8 Å². The molecule has 8 nitrogen and oxygen atoms in total. The van der Waals surface area contributed by atoms with Crippen molar-refractivity contribution >= 4 is 11.9 Å². The number of hydrogen-bond donors (Lipinski definition) is 2. The van der Waals surface area contributed by atoms with Gasteiger partial charge in [0.25, 0.3) is 5.91 Å². The topological polar surface area (TPSA) is 103 Å². The lowest BCUT2D eigenvalue weighted by Crippen LogP contribution is -2.45. The second kappa shape index (κ2) is 12.7. The zero-order valence-electron chi connectivity index (χ0n) is 21.4. The number of carbonyl (C=O) groups excluding carboxylic acids is 2. The van der Waals surface area contributed by atoms with E-state index >= 15 is 0 Å². The van der Waals surface area contributed by atoms with Gasteiger partial charge in [-0.1, -0.05) is 6.42 Å². The van der Waals surface area contributed by atoms with Crippen LogP contribution >= 0.6 is 0 Å². The van der Waals surface area contributed by atoms with Gasteiger partial charge >= 0.3 is 5.97 Å². The van der Waals surface area contributed by atoms with E-state index in [1.54, 1.807) is 12.4 Å². The smallest absolute Gasteiger partial charge is 0.312 e. The quantitative estimate of drug-likeness (QED) is 0.587. The van der Waals surface area contributed by atoms with Crippen molar-refractivity contribution in [2.45, 2.75) is 57.3 Å². The van der Waals surface area contributed by atoms with E-state index in [2.05, 4.69) is 9.88 Å². The third-order valence-electron chi connectivity index (χ3n) is 7.66. The van der Waals surface area contributed by atoms with E-state index in [1.807, 2.05) is 12.1 Å². The number of piperidine rings is 1. The maximum atomic E-state index is 13.7. The van der Waals surface area contributed by atoms with Crippen LogP contribution < -0.4 is 0 Å². The summed E-state index contributed by atoms with van der Waals surface area (Å²) in [5.41, 5.74) is 0.320. The second-order valence-electron chi connectivity index (χ2n) is 10.3. The molecule has 2 aliphatic rings. The number of likely N-dealkylation sites (tertiary alicyclic amines) is 1. The average Bonchev–Trinajstić information content (AvgIpc) is 2.91. The number of benzene rings is 1. The van der Waals surface area contributed by atoms with E-state index in [4.69, 9.17) is 4.74 Å². The zero-order chi connectivity index (χ0) is 27.1. The van der Waals surface area contributed by atoms with Gasteiger partial charge in [0.1, 0.15) is 24.3 Å². The van der Waals surface area contributed by atoms with Gasteiger partial charge in [-0.05, 0) is 75.0 Å². The first kappa shape index (κ1) is 28.1. The summed E-state index contributed by atoms with van der Waals surface area (Å²) in [5, 5.41) is 20.9. The molecule has 1 spiro atoms. The Hall–Kier alpha value is -2.95. The Morgan fingerprint density at radius 3 is 2.34 bits per heavy atom.